The van der Waals surface area contributed by atoms with Gasteiger partial charge in [0, 0.05) is 6.42 Å². The lowest BCUT2D eigenvalue weighted by atomic mass is 10.1. The fourth-order valence-corrected chi connectivity index (χ4v) is 0.979. The molecule has 1 rings (SSSR count). The van der Waals surface area contributed by atoms with E-state index >= 15 is 0 Å². The summed E-state index contributed by atoms with van der Waals surface area (Å²) in [6.07, 6.45) is 3.57. The van der Waals surface area contributed by atoms with Crippen LogP contribution in [0, 0.1) is 0 Å². The summed E-state index contributed by atoms with van der Waals surface area (Å²) in [5, 5.41) is 0. The third-order valence-electron chi connectivity index (χ3n) is 1.68. The van der Waals surface area contributed by atoms with Crippen molar-refractivity contribution >= 4 is 0 Å². The van der Waals surface area contributed by atoms with Gasteiger partial charge in [-0.05, 0) is 6.42 Å². The lowest BCUT2D eigenvalue weighted by Gasteiger charge is -2.07. The first kappa shape index (κ1) is 8.50. The van der Waals surface area contributed by atoms with Crippen LogP contribution in [0.25, 0.3) is 0 Å². The minimum Gasteiger partial charge on any atom is -0.350 e. The van der Waals surface area contributed by atoms with E-state index in [-0.39, 0.29) is 6.29 Å². The molecule has 0 spiro atoms. The van der Waals surface area contributed by atoms with E-state index in [1.807, 2.05) is 0 Å². The summed E-state index contributed by atoms with van der Waals surface area (Å²) in [7, 11) is 0. The smallest absolute Gasteiger partial charge is 0.158 e. The van der Waals surface area contributed by atoms with Crippen LogP contribution in [0.2, 0.25) is 0 Å². The van der Waals surface area contributed by atoms with Crippen LogP contribution < -0.4 is 0 Å². The van der Waals surface area contributed by atoms with Crippen molar-refractivity contribution in [2.45, 2.75) is 19.1 Å². The summed E-state index contributed by atoms with van der Waals surface area (Å²) < 4.78 is 10.5. The molecule has 0 aromatic rings. The van der Waals surface area contributed by atoms with Crippen molar-refractivity contribution in [3.63, 3.8) is 0 Å². The molecule has 0 aromatic carbocycles. The average molecular weight is 154 g/mol. The molecule has 1 aliphatic heterocycles. The third kappa shape index (κ3) is 2.87. The molecule has 1 heterocycles. The molecule has 62 valence electrons. The Labute approximate surface area is 67.5 Å². The molecule has 1 aliphatic rings. The van der Waals surface area contributed by atoms with Gasteiger partial charge in [0.1, 0.15) is 0 Å². The van der Waals surface area contributed by atoms with E-state index in [4.69, 9.17) is 9.47 Å². The fourth-order valence-electron chi connectivity index (χ4n) is 0.979. The molecule has 0 radical (unpaired) electrons. The SMILES string of the molecule is C=CC(=C)CCC1OCCO1. The summed E-state index contributed by atoms with van der Waals surface area (Å²) >= 11 is 0. The van der Waals surface area contributed by atoms with E-state index in [1.165, 1.54) is 0 Å². The molecule has 0 bridgehead atoms. The lowest BCUT2D eigenvalue weighted by Crippen LogP contribution is -2.06. The molecule has 11 heavy (non-hydrogen) atoms. The summed E-state index contributed by atoms with van der Waals surface area (Å²) in [5.74, 6) is 0. The summed E-state index contributed by atoms with van der Waals surface area (Å²) in [6, 6.07) is 0. The molecule has 0 aliphatic carbocycles. The normalized spacial score (nSPS) is 18.5. The van der Waals surface area contributed by atoms with Crippen molar-refractivity contribution in [3.8, 4) is 0 Å². The maximum atomic E-state index is 5.25. The maximum Gasteiger partial charge on any atom is 0.158 e. The highest BCUT2D eigenvalue weighted by atomic mass is 16.7. The van der Waals surface area contributed by atoms with Gasteiger partial charge in [-0.25, -0.2) is 0 Å². The third-order valence-corrected chi connectivity index (χ3v) is 1.68. The molecule has 0 N–H and O–H groups in total. The molecule has 0 aromatic heterocycles. The molecule has 0 unspecified atom stereocenters. The van der Waals surface area contributed by atoms with Gasteiger partial charge in [0.05, 0.1) is 13.2 Å². The summed E-state index contributed by atoms with van der Waals surface area (Å²) in [6.45, 7) is 8.88. The van der Waals surface area contributed by atoms with Crippen LogP contribution in [0.3, 0.4) is 0 Å². The van der Waals surface area contributed by atoms with Crippen molar-refractivity contribution in [1.82, 2.24) is 0 Å². The number of hydrogen-bond acceptors (Lipinski definition) is 2. The number of allylic oxidation sites excluding steroid dienone is 2. The highest BCUT2D eigenvalue weighted by molar-refractivity contribution is 5.10. The zero-order valence-electron chi connectivity index (χ0n) is 6.71. The summed E-state index contributed by atoms with van der Waals surface area (Å²) in [4.78, 5) is 0. The first-order valence-corrected chi connectivity index (χ1v) is 3.86. The highest BCUT2D eigenvalue weighted by Gasteiger charge is 2.14. The van der Waals surface area contributed by atoms with Gasteiger partial charge in [-0.2, -0.15) is 0 Å². The number of hydrogen-bond donors (Lipinski definition) is 0. The topological polar surface area (TPSA) is 18.5 Å². The monoisotopic (exact) mass is 154 g/mol. The average Bonchev–Trinajstić information content (AvgIpc) is 2.52. The van der Waals surface area contributed by atoms with Crippen molar-refractivity contribution in [2.75, 3.05) is 13.2 Å². The van der Waals surface area contributed by atoms with E-state index in [2.05, 4.69) is 13.2 Å². The zero-order chi connectivity index (χ0) is 8.10. The molecule has 0 saturated carbocycles. The Morgan fingerprint density at radius 1 is 1.45 bits per heavy atom. The molecule has 1 fully saturated rings. The second-order valence-electron chi connectivity index (χ2n) is 2.57. The van der Waals surface area contributed by atoms with Crippen LogP contribution in [0.1, 0.15) is 12.8 Å². The van der Waals surface area contributed by atoms with Crippen LogP contribution in [0.15, 0.2) is 24.8 Å². The molecule has 0 atom stereocenters. The molecule has 0 amide bonds. The molecule has 2 nitrogen and oxygen atoms in total. The minimum absolute atomic E-state index is 0.00769. The van der Waals surface area contributed by atoms with Crippen molar-refractivity contribution in [2.24, 2.45) is 0 Å². The fraction of sp³-hybridized carbons (Fsp3) is 0.556. The molecular formula is C9H14O2. The molecule has 2 heteroatoms. The Balaban J connectivity index is 2.10. The minimum atomic E-state index is -0.00769. The van der Waals surface area contributed by atoms with Gasteiger partial charge in [-0.15, -0.1) is 0 Å². The van der Waals surface area contributed by atoms with Gasteiger partial charge in [-0.3, -0.25) is 0 Å². The first-order chi connectivity index (χ1) is 5.33. The Bertz CT molecular complexity index is 146. The Hall–Kier alpha value is -0.600. The Morgan fingerprint density at radius 3 is 2.64 bits per heavy atom. The van der Waals surface area contributed by atoms with E-state index in [0.717, 1.165) is 31.6 Å². The largest absolute Gasteiger partial charge is 0.350 e. The van der Waals surface area contributed by atoms with Crippen molar-refractivity contribution < 1.29 is 9.47 Å². The maximum absolute atomic E-state index is 5.25. The standard InChI is InChI=1S/C9H14O2/c1-3-8(2)4-5-9-10-6-7-11-9/h3,9H,1-2,4-7H2. The van der Waals surface area contributed by atoms with Crippen LogP contribution in [0.4, 0.5) is 0 Å². The van der Waals surface area contributed by atoms with E-state index in [1.54, 1.807) is 6.08 Å². The number of rotatable bonds is 4. The number of ether oxygens (including phenoxy) is 2. The Morgan fingerprint density at radius 2 is 2.09 bits per heavy atom. The predicted octanol–water partition coefficient (Wildman–Crippen LogP) is 1.88. The zero-order valence-corrected chi connectivity index (χ0v) is 6.71. The quantitative estimate of drug-likeness (QED) is 0.575. The van der Waals surface area contributed by atoms with Gasteiger partial charge >= 0.3 is 0 Å². The van der Waals surface area contributed by atoms with Crippen LogP contribution in [-0.2, 0) is 9.47 Å². The van der Waals surface area contributed by atoms with E-state index < -0.39 is 0 Å². The van der Waals surface area contributed by atoms with Crippen molar-refractivity contribution in [1.29, 1.82) is 0 Å². The Kier molecular flexibility index (Phi) is 3.33. The van der Waals surface area contributed by atoms with Crippen LogP contribution in [-0.4, -0.2) is 19.5 Å². The van der Waals surface area contributed by atoms with Gasteiger partial charge in [0.15, 0.2) is 6.29 Å². The molecular weight excluding hydrogens is 140 g/mol. The van der Waals surface area contributed by atoms with Gasteiger partial charge in [0.2, 0.25) is 0 Å². The first-order valence-electron chi connectivity index (χ1n) is 3.86. The second kappa shape index (κ2) is 4.31. The lowest BCUT2D eigenvalue weighted by molar-refractivity contribution is -0.0460. The van der Waals surface area contributed by atoms with Gasteiger partial charge < -0.3 is 9.47 Å². The second-order valence-corrected chi connectivity index (χ2v) is 2.57. The summed E-state index contributed by atoms with van der Waals surface area (Å²) in [5.41, 5.74) is 1.05. The molecule has 1 saturated heterocycles. The van der Waals surface area contributed by atoms with E-state index in [0.29, 0.717) is 0 Å². The van der Waals surface area contributed by atoms with Gasteiger partial charge in [-0.1, -0.05) is 24.8 Å². The predicted molar refractivity (Wildman–Crippen MR) is 44.3 cm³/mol. The van der Waals surface area contributed by atoms with Crippen LogP contribution in [0.5, 0.6) is 0 Å². The highest BCUT2D eigenvalue weighted by Crippen LogP contribution is 2.13. The van der Waals surface area contributed by atoms with Crippen LogP contribution >= 0.6 is 0 Å². The van der Waals surface area contributed by atoms with Crippen molar-refractivity contribution in [3.05, 3.63) is 24.8 Å². The van der Waals surface area contributed by atoms with E-state index in [9.17, 15) is 0 Å². The van der Waals surface area contributed by atoms with Gasteiger partial charge in [0.25, 0.3) is 0 Å².